The Morgan fingerprint density at radius 1 is 1.35 bits per heavy atom. The van der Waals surface area contributed by atoms with Crippen LogP contribution in [0.25, 0.3) is 0 Å². The van der Waals surface area contributed by atoms with Gasteiger partial charge in [-0.1, -0.05) is 0 Å². The van der Waals surface area contributed by atoms with Crippen molar-refractivity contribution >= 4 is 11.9 Å². The third kappa shape index (κ3) is 6.37. The summed E-state index contributed by atoms with van der Waals surface area (Å²) >= 11 is 0. The molecule has 1 aliphatic heterocycles. The maximum atomic E-state index is 12.3. The van der Waals surface area contributed by atoms with E-state index in [9.17, 15) is 9.59 Å². The Kier molecular flexibility index (Phi) is 7.59. The van der Waals surface area contributed by atoms with Crippen molar-refractivity contribution in [3.05, 3.63) is 0 Å². The predicted octanol–water partition coefficient (Wildman–Crippen LogP) is 1.87. The number of nitrogens with one attached hydrogen (secondary N) is 1. The van der Waals surface area contributed by atoms with Gasteiger partial charge in [-0.05, 0) is 58.5 Å². The van der Waals surface area contributed by atoms with Gasteiger partial charge in [0.1, 0.15) is 0 Å². The summed E-state index contributed by atoms with van der Waals surface area (Å²) in [4.78, 5) is 24.6. The van der Waals surface area contributed by atoms with Gasteiger partial charge in [-0.2, -0.15) is 0 Å². The van der Waals surface area contributed by atoms with Gasteiger partial charge in [0.2, 0.25) is 5.91 Å². The van der Waals surface area contributed by atoms with Crippen LogP contribution in [0.2, 0.25) is 0 Å². The number of carboxylic acid groups (broad SMARTS) is 1. The molecule has 5 nitrogen and oxygen atoms in total. The second-order valence-corrected chi connectivity index (χ2v) is 5.93. The Morgan fingerprint density at radius 3 is 2.65 bits per heavy atom. The van der Waals surface area contributed by atoms with Gasteiger partial charge in [-0.15, -0.1) is 0 Å². The smallest absolute Gasteiger partial charge is 0.303 e. The predicted molar refractivity (Wildman–Crippen MR) is 78.5 cm³/mol. The van der Waals surface area contributed by atoms with E-state index in [4.69, 9.17) is 5.11 Å². The summed E-state index contributed by atoms with van der Waals surface area (Å²) in [6.45, 7) is 6.64. The van der Waals surface area contributed by atoms with Crippen molar-refractivity contribution in [2.45, 2.75) is 58.4 Å². The van der Waals surface area contributed by atoms with Crippen LogP contribution in [0, 0.1) is 5.92 Å². The van der Waals surface area contributed by atoms with Gasteiger partial charge in [0.05, 0.1) is 0 Å². The van der Waals surface area contributed by atoms with Crippen molar-refractivity contribution < 1.29 is 14.7 Å². The number of nitrogens with zero attached hydrogens (tertiary/aromatic N) is 1. The number of rotatable bonds is 8. The van der Waals surface area contributed by atoms with Crippen LogP contribution in [0.1, 0.15) is 52.4 Å². The standard InChI is InChI=1S/C15H28N2O3/c1-12(2)17(10-4-6-15(19)20)14(18)8-7-13-5-3-9-16-11-13/h12-13,16H,3-11H2,1-2H3,(H,19,20). The average molecular weight is 284 g/mol. The van der Waals surface area contributed by atoms with Gasteiger partial charge in [0.25, 0.3) is 0 Å². The van der Waals surface area contributed by atoms with Crippen molar-refractivity contribution in [1.82, 2.24) is 10.2 Å². The number of aliphatic carboxylic acids is 1. The lowest BCUT2D eigenvalue weighted by Gasteiger charge is -2.28. The molecule has 0 aromatic carbocycles. The Labute approximate surface area is 121 Å². The van der Waals surface area contributed by atoms with Gasteiger partial charge < -0.3 is 15.3 Å². The number of carboxylic acids is 1. The van der Waals surface area contributed by atoms with E-state index in [-0.39, 0.29) is 18.4 Å². The van der Waals surface area contributed by atoms with E-state index in [1.165, 1.54) is 12.8 Å². The molecule has 0 saturated carbocycles. The molecule has 0 aromatic heterocycles. The Morgan fingerprint density at radius 2 is 2.10 bits per heavy atom. The lowest BCUT2D eigenvalue weighted by Crippen LogP contribution is -2.38. The van der Waals surface area contributed by atoms with Crippen LogP contribution in [-0.4, -0.2) is 47.6 Å². The molecule has 0 aromatic rings. The lowest BCUT2D eigenvalue weighted by atomic mass is 9.94. The second kappa shape index (κ2) is 8.95. The zero-order chi connectivity index (χ0) is 15.0. The minimum Gasteiger partial charge on any atom is -0.481 e. The molecule has 2 N–H and O–H groups in total. The van der Waals surface area contributed by atoms with Crippen LogP contribution in [-0.2, 0) is 9.59 Å². The maximum Gasteiger partial charge on any atom is 0.303 e. The summed E-state index contributed by atoms with van der Waals surface area (Å²) in [7, 11) is 0. The Bertz CT molecular complexity index is 312. The molecule has 116 valence electrons. The van der Waals surface area contributed by atoms with E-state index in [0.29, 0.717) is 25.3 Å². The first kappa shape index (κ1) is 17.0. The van der Waals surface area contributed by atoms with Crippen molar-refractivity contribution in [1.29, 1.82) is 0 Å². The van der Waals surface area contributed by atoms with Crippen LogP contribution < -0.4 is 5.32 Å². The SMILES string of the molecule is CC(C)N(CCCC(=O)O)C(=O)CCC1CCCNC1. The van der Waals surface area contributed by atoms with Crippen molar-refractivity contribution in [2.24, 2.45) is 5.92 Å². The number of carbonyl (C=O) groups excluding carboxylic acids is 1. The number of amides is 1. The zero-order valence-electron chi connectivity index (χ0n) is 12.7. The van der Waals surface area contributed by atoms with Crippen LogP contribution in [0.4, 0.5) is 0 Å². The highest BCUT2D eigenvalue weighted by Crippen LogP contribution is 2.17. The van der Waals surface area contributed by atoms with Crippen molar-refractivity contribution in [3.63, 3.8) is 0 Å². The van der Waals surface area contributed by atoms with Crippen LogP contribution in [0.15, 0.2) is 0 Å². The zero-order valence-corrected chi connectivity index (χ0v) is 12.7. The number of carbonyl (C=O) groups is 2. The topological polar surface area (TPSA) is 69.6 Å². The molecule has 0 spiro atoms. The van der Waals surface area contributed by atoms with E-state index >= 15 is 0 Å². The van der Waals surface area contributed by atoms with Gasteiger partial charge in [0, 0.05) is 25.4 Å². The summed E-state index contributed by atoms with van der Waals surface area (Å²) in [6.07, 6.45) is 4.59. The van der Waals surface area contributed by atoms with Crippen LogP contribution in [0.3, 0.4) is 0 Å². The molecule has 1 unspecified atom stereocenters. The molecule has 1 saturated heterocycles. The molecule has 20 heavy (non-hydrogen) atoms. The molecule has 0 aliphatic carbocycles. The Hall–Kier alpha value is -1.10. The second-order valence-electron chi connectivity index (χ2n) is 5.93. The Balaban J connectivity index is 2.32. The monoisotopic (exact) mass is 284 g/mol. The van der Waals surface area contributed by atoms with Crippen molar-refractivity contribution in [3.8, 4) is 0 Å². The van der Waals surface area contributed by atoms with E-state index in [0.717, 1.165) is 19.5 Å². The largest absolute Gasteiger partial charge is 0.481 e. The van der Waals surface area contributed by atoms with Crippen LogP contribution >= 0.6 is 0 Å². The molecule has 0 bridgehead atoms. The molecular weight excluding hydrogens is 256 g/mol. The minimum atomic E-state index is -0.797. The van der Waals surface area contributed by atoms with E-state index in [2.05, 4.69) is 5.32 Å². The molecule has 1 amide bonds. The molecule has 1 atom stereocenters. The number of hydrogen-bond donors (Lipinski definition) is 2. The normalized spacial score (nSPS) is 19.1. The number of piperidine rings is 1. The van der Waals surface area contributed by atoms with Crippen molar-refractivity contribution in [2.75, 3.05) is 19.6 Å². The van der Waals surface area contributed by atoms with Gasteiger partial charge in [-0.25, -0.2) is 0 Å². The van der Waals surface area contributed by atoms with E-state index in [1.54, 1.807) is 0 Å². The fourth-order valence-corrected chi connectivity index (χ4v) is 2.71. The summed E-state index contributed by atoms with van der Waals surface area (Å²) in [5, 5.41) is 12.0. The summed E-state index contributed by atoms with van der Waals surface area (Å²) < 4.78 is 0. The van der Waals surface area contributed by atoms with Crippen LogP contribution in [0.5, 0.6) is 0 Å². The fraction of sp³-hybridized carbons (Fsp3) is 0.867. The molecule has 1 fully saturated rings. The minimum absolute atomic E-state index is 0.128. The molecule has 1 heterocycles. The third-order valence-electron chi connectivity index (χ3n) is 3.90. The lowest BCUT2D eigenvalue weighted by molar-refractivity contribution is -0.138. The quantitative estimate of drug-likeness (QED) is 0.714. The first-order chi connectivity index (χ1) is 9.50. The van der Waals surface area contributed by atoms with Gasteiger partial charge >= 0.3 is 5.97 Å². The molecule has 0 radical (unpaired) electrons. The summed E-state index contributed by atoms with van der Waals surface area (Å²) in [5.41, 5.74) is 0. The van der Waals surface area contributed by atoms with E-state index in [1.807, 2.05) is 18.7 Å². The number of hydrogen-bond acceptors (Lipinski definition) is 3. The highest BCUT2D eigenvalue weighted by molar-refractivity contribution is 5.76. The molecule has 1 rings (SSSR count). The maximum absolute atomic E-state index is 12.3. The average Bonchev–Trinajstić information content (AvgIpc) is 2.41. The first-order valence-electron chi connectivity index (χ1n) is 7.72. The highest BCUT2D eigenvalue weighted by Gasteiger charge is 2.19. The molecule has 5 heteroatoms. The van der Waals surface area contributed by atoms with E-state index < -0.39 is 5.97 Å². The summed E-state index contributed by atoms with van der Waals surface area (Å²) in [5.74, 6) is -0.0221. The molecule has 1 aliphatic rings. The molecular formula is C15H28N2O3. The first-order valence-corrected chi connectivity index (χ1v) is 7.72. The summed E-state index contributed by atoms with van der Waals surface area (Å²) in [6, 6.07) is 0.140. The van der Waals surface area contributed by atoms with Gasteiger partial charge in [-0.3, -0.25) is 9.59 Å². The fourth-order valence-electron chi connectivity index (χ4n) is 2.71. The third-order valence-corrected chi connectivity index (χ3v) is 3.90. The highest BCUT2D eigenvalue weighted by atomic mass is 16.4. The van der Waals surface area contributed by atoms with Gasteiger partial charge in [0.15, 0.2) is 0 Å².